The summed E-state index contributed by atoms with van der Waals surface area (Å²) >= 11 is 0. The summed E-state index contributed by atoms with van der Waals surface area (Å²) in [4.78, 5) is 2.45. The molecule has 0 amide bonds. The lowest BCUT2D eigenvalue weighted by Crippen LogP contribution is -2.16. The average Bonchev–Trinajstić information content (AvgIpc) is 3.66. The largest absolute Gasteiger partial charge is 0.310 e. The minimum atomic E-state index is -0.150. The van der Waals surface area contributed by atoms with Crippen LogP contribution in [0.15, 0.2) is 261 Å². The topological polar surface area (TPSA) is 3.24 Å². The van der Waals surface area contributed by atoms with Crippen molar-refractivity contribution >= 4 is 70.9 Å². The first kappa shape index (κ1) is 41.4. The van der Waals surface area contributed by atoms with E-state index in [9.17, 15) is 0 Å². The predicted molar refractivity (Wildman–Crippen MR) is 300 cm³/mol. The highest BCUT2D eigenvalue weighted by Crippen LogP contribution is 2.51. The van der Waals surface area contributed by atoms with Crippen LogP contribution in [0.4, 0.5) is 17.1 Å². The van der Waals surface area contributed by atoms with E-state index in [2.05, 4.69) is 280 Å². The van der Waals surface area contributed by atoms with E-state index >= 15 is 0 Å². The van der Waals surface area contributed by atoms with Crippen LogP contribution in [0.2, 0.25) is 0 Å². The SMILES string of the molecule is CC1(C)c2ccccc2-c2ccc(N(c3ccc(-c4cccc5c6ccccc6c6ccccc6c6ccccc6c6ccccc6c45)cc3)c3ccc(-c4ccccc4)c(-c4ccccc4)c3)cc21. The van der Waals surface area contributed by atoms with E-state index in [0.29, 0.717) is 0 Å². The summed E-state index contributed by atoms with van der Waals surface area (Å²) in [6.45, 7) is 4.73. The molecule has 70 heavy (non-hydrogen) atoms. The zero-order valence-corrected chi connectivity index (χ0v) is 39.3. The third kappa shape index (κ3) is 6.77. The molecule has 1 nitrogen and oxygen atoms in total. The number of hydrogen-bond donors (Lipinski definition) is 0. The Labute approximate surface area is 409 Å². The van der Waals surface area contributed by atoms with Gasteiger partial charge in [0.15, 0.2) is 0 Å². The Hall–Kier alpha value is -8.78. The van der Waals surface area contributed by atoms with E-state index in [0.717, 1.165) is 22.6 Å². The van der Waals surface area contributed by atoms with Gasteiger partial charge in [-0.25, -0.2) is 0 Å². The first-order chi connectivity index (χ1) is 34.5. The molecule has 0 unspecified atom stereocenters. The molecule has 330 valence electrons. The molecule has 12 aromatic rings. The molecule has 1 aliphatic rings. The van der Waals surface area contributed by atoms with Crippen LogP contribution < -0.4 is 4.90 Å². The highest BCUT2D eigenvalue weighted by Gasteiger charge is 2.36. The second-order valence-electron chi connectivity index (χ2n) is 19.2. The molecule has 0 saturated heterocycles. The summed E-state index contributed by atoms with van der Waals surface area (Å²) in [6.07, 6.45) is 0. The Balaban J connectivity index is 1.05. The maximum absolute atomic E-state index is 2.45. The molecule has 13 rings (SSSR count). The van der Waals surface area contributed by atoms with Gasteiger partial charge in [0.25, 0.3) is 0 Å². The van der Waals surface area contributed by atoms with Crippen LogP contribution in [-0.4, -0.2) is 0 Å². The number of nitrogens with zero attached hydrogens (tertiary/aromatic N) is 1. The van der Waals surface area contributed by atoms with Gasteiger partial charge in [-0.2, -0.15) is 0 Å². The van der Waals surface area contributed by atoms with Crippen molar-refractivity contribution in [1.82, 2.24) is 0 Å². The summed E-state index contributed by atoms with van der Waals surface area (Å²) in [6, 6.07) is 96.5. The quantitative estimate of drug-likeness (QED) is 0.161. The number of hydrogen-bond acceptors (Lipinski definition) is 1. The zero-order chi connectivity index (χ0) is 46.8. The van der Waals surface area contributed by atoms with Gasteiger partial charge in [0.05, 0.1) is 0 Å². The summed E-state index contributed by atoms with van der Waals surface area (Å²) in [7, 11) is 0. The van der Waals surface area contributed by atoms with Crippen LogP contribution in [0.5, 0.6) is 0 Å². The van der Waals surface area contributed by atoms with Gasteiger partial charge in [0, 0.05) is 22.5 Å². The second-order valence-corrected chi connectivity index (χ2v) is 19.2. The third-order valence-electron chi connectivity index (χ3n) is 14.9. The number of anilines is 3. The molecule has 0 fully saturated rings. The fourth-order valence-electron chi connectivity index (χ4n) is 11.6. The van der Waals surface area contributed by atoms with Crippen LogP contribution >= 0.6 is 0 Å². The molecule has 1 heteroatoms. The van der Waals surface area contributed by atoms with Gasteiger partial charge in [-0.05, 0) is 146 Å². The van der Waals surface area contributed by atoms with Crippen LogP contribution in [0.1, 0.15) is 25.0 Å². The minimum Gasteiger partial charge on any atom is -0.310 e. The second kappa shape index (κ2) is 16.8. The molecule has 0 spiro atoms. The average molecular weight is 892 g/mol. The maximum atomic E-state index is 2.45. The van der Waals surface area contributed by atoms with Crippen molar-refractivity contribution in [1.29, 1.82) is 0 Å². The van der Waals surface area contributed by atoms with Gasteiger partial charge in [0.1, 0.15) is 0 Å². The van der Waals surface area contributed by atoms with Crippen molar-refractivity contribution in [3.8, 4) is 44.5 Å². The van der Waals surface area contributed by atoms with Gasteiger partial charge in [-0.1, -0.05) is 238 Å². The molecule has 12 aromatic carbocycles. The molecule has 0 bridgehead atoms. The Morgan fingerprint density at radius 1 is 0.243 bits per heavy atom. The van der Waals surface area contributed by atoms with Crippen molar-refractivity contribution in [2.24, 2.45) is 0 Å². The molecule has 0 heterocycles. The molecule has 0 atom stereocenters. The first-order valence-corrected chi connectivity index (χ1v) is 24.4. The Bertz CT molecular complexity index is 3990. The lowest BCUT2D eigenvalue weighted by atomic mass is 9.82. The molecular weight excluding hydrogens is 843 g/mol. The monoisotopic (exact) mass is 891 g/mol. The molecule has 0 N–H and O–H groups in total. The van der Waals surface area contributed by atoms with Crippen molar-refractivity contribution in [2.45, 2.75) is 19.3 Å². The van der Waals surface area contributed by atoms with Crippen molar-refractivity contribution < 1.29 is 0 Å². The lowest BCUT2D eigenvalue weighted by molar-refractivity contribution is 0.660. The summed E-state index contributed by atoms with van der Waals surface area (Å²) < 4.78 is 0. The predicted octanol–water partition coefficient (Wildman–Crippen LogP) is 19.4. The maximum Gasteiger partial charge on any atom is 0.0468 e. The highest BCUT2D eigenvalue weighted by molar-refractivity contribution is 6.28. The van der Waals surface area contributed by atoms with Gasteiger partial charge in [0.2, 0.25) is 0 Å². The Kier molecular flexibility index (Phi) is 9.92. The van der Waals surface area contributed by atoms with E-state index in [-0.39, 0.29) is 5.41 Å². The van der Waals surface area contributed by atoms with E-state index in [4.69, 9.17) is 0 Å². The van der Waals surface area contributed by atoms with Crippen molar-refractivity contribution in [3.63, 3.8) is 0 Å². The Morgan fingerprint density at radius 2 is 0.614 bits per heavy atom. The van der Waals surface area contributed by atoms with Crippen molar-refractivity contribution in [2.75, 3.05) is 4.90 Å². The fourth-order valence-corrected chi connectivity index (χ4v) is 11.6. The van der Waals surface area contributed by atoms with Crippen LogP contribution in [-0.2, 0) is 5.41 Å². The number of rotatable bonds is 6. The van der Waals surface area contributed by atoms with Crippen molar-refractivity contribution in [3.05, 3.63) is 272 Å². The first-order valence-electron chi connectivity index (χ1n) is 24.4. The molecular formula is C69H49N. The minimum absolute atomic E-state index is 0.150. The van der Waals surface area contributed by atoms with Gasteiger partial charge in [-0.15, -0.1) is 0 Å². The van der Waals surface area contributed by atoms with Gasteiger partial charge < -0.3 is 4.90 Å². The van der Waals surface area contributed by atoms with E-state index < -0.39 is 0 Å². The van der Waals surface area contributed by atoms with Crippen LogP contribution in [0, 0.1) is 0 Å². The molecule has 0 aromatic heterocycles. The number of fused-ring (bicyclic) bond motifs is 13. The Morgan fingerprint density at radius 3 is 1.17 bits per heavy atom. The fraction of sp³-hybridized carbons (Fsp3) is 0.0435. The van der Waals surface area contributed by atoms with Gasteiger partial charge in [-0.3, -0.25) is 0 Å². The standard InChI is InChI=1S/C69H49N/c1-69(2)66-35-18-17-31-61(66)62-43-41-51(45-67(62)69)70(50-40-42-52(46-20-5-3-6-21-46)65(44-50)47-22-7-4-8-23-47)49-38-36-48(37-39-49)53-33-19-34-64-60-29-14-13-28-58(60)56-25-10-9-24-54(56)55-26-11-12-27-57(55)59-30-15-16-32-63(59)68(53)64/h3-45H,1-2H3. The number of benzene rings is 11. The smallest absolute Gasteiger partial charge is 0.0468 e. The molecule has 0 aliphatic heterocycles. The molecule has 0 radical (unpaired) electrons. The highest BCUT2D eigenvalue weighted by atomic mass is 15.1. The zero-order valence-electron chi connectivity index (χ0n) is 39.3. The van der Waals surface area contributed by atoms with E-state index in [1.54, 1.807) is 0 Å². The van der Waals surface area contributed by atoms with E-state index in [1.807, 2.05) is 0 Å². The molecule has 0 saturated carbocycles. The van der Waals surface area contributed by atoms with Gasteiger partial charge >= 0.3 is 0 Å². The van der Waals surface area contributed by atoms with Crippen LogP contribution in [0.25, 0.3) is 98.4 Å². The molecule has 1 aliphatic carbocycles. The summed E-state index contributed by atoms with van der Waals surface area (Å²) in [5.41, 5.74) is 15.6. The summed E-state index contributed by atoms with van der Waals surface area (Å²) in [5, 5.41) is 12.3. The normalized spacial score (nSPS) is 12.5. The lowest BCUT2D eigenvalue weighted by Gasteiger charge is -2.29. The summed E-state index contributed by atoms with van der Waals surface area (Å²) in [5.74, 6) is 0. The third-order valence-corrected chi connectivity index (χ3v) is 14.9. The van der Waals surface area contributed by atoms with E-state index in [1.165, 1.54) is 104 Å². The van der Waals surface area contributed by atoms with Crippen LogP contribution in [0.3, 0.4) is 0 Å².